The summed E-state index contributed by atoms with van der Waals surface area (Å²) < 4.78 is 0. The van der Waals surface area contributed by atoms with Crippen LogP contribution in [0.25, 0.3) is 0 Å². The van der Waals surface area contributed by atoms with Crippen molar-refractivity contribution in [3.05, 3.63) is 30.1 Å². The lowest BCUT2D eigenvalue weighted by Gasteiger charge is -2.35. The maximum absolute atomic E-state index is 12.4. The quantitative estimate of drug-likeness (QED) is 0.907. The molecular formula is C13H21Cl2N3O. The number of pyridine rings is 1. The zero-order valence-electron chi connectivity index (χ0n) is 11.2. The predicted molar refractivity (Wildman–Crippen MR) is 81.2 cm³/mol. The van der Waals surface area contributed by atoms with E-state index < -0.39 is 0 Å². The molecule has 0 aromatic carbocycles. The van der Waals surface area contributed by atoms with Gasteiger partial charge in [-0.05, 0) is 25.5 Å². The Balaban J connectivity index is 0.00000162. The summed E-state index contributed by atoms with van der Waals surface area (Å²) in [5.74, 6) is 0.0938. The Morgan fingerprint density at radius 3 is 2.84 bits per heavy atom. The molecule has 1 fully saturated rings. The number of halogens is 2. The Labute approximate surface area is 126 Å². The molecule has 1 saturated heterocycles. The fourth-order valence-corrected chi connectivity index (χ4v) is 2.19. The van der Waals surface area contributed by atoms with Crippen LogP contribution in [0.2, 0.25) is 0 Å². The second-order valence-corrected chi connectivity index (χ2v) is 4.59. The molecule has 0 saturated carbocycles. The van der Waals surface area contributed by atoms with Crippen molar-refractivity contribution >= 4 is 30.7 Å². The zero-order chi connectivity index (χ0) is 12.3. The van der Waals surface area contributed by atoms with Crippen LogP contribution in [0.4, 0.5) is 0 Å². The van der Waals surface area contributed by atoms with Crippen molar-refractivity contribution in [1.29, 1.82) is 0 Å². The fraction of sp³-hybridized carbons (Fsp3) is 0.538. The van der Waals surface area contributed by atoms with Gasteiger partial charge in [-0.25, -0.2) is 0 Å². The van der Waals surface area contributed by atoms with Gasteiger partial charge >= 0.3 is 0 Å². The van der Waals surface area contributed by atoms with Crippen molar-refractivity contribution in [3.63, 3.8) is 0 Å². The van der Waals surface area contributed by atoms with E-state index in [0.29, 0.717) is 0 Å². The van der Waals surface area contributed by atoms with E-state index in [1.807, 2.05) is 24.0 Å². The van der Waals surface area contributed by atoms with Crippen LogP contribution in [0.3, 0.4) is 0 Å². The third-order valence-electron chi connectivity index (χ3n) is 3.34. The predicted octanol–water partition coefficient (Wildman–Crippen LogP) is 1.85. The molecule has 1 aromatic rings. The van der Waals surface area contributed by atoms with E-state index in [0.717, 1.165) is 25.2 Å². The first-order chi connectivity index (χ1) is 8.20. The molecule has 1 unspecified atom stereocenters. The average Bonchev–Trinajstić information content (AvgIpc) is 2.39. The van der Waals surface area contributed by atoms with E-state index in [4.69, 9.17) is 0 Å². The second kappa shape index (κ2) is 8.35. The van der Waals surface area contributed by atoms with Gasteiger partial charge in [-0.2, -0.15) is 0 Å². The molecule has 0 radical (unpaired) electrons. The van der Waals surface area contributed by atoms with Crippen LogP contribution in [-0.4, -0.2) is 41.5 Å². The number of amides is 1. The summed E-state index contributed by atoms with van der Waals surface area (Å²) in [6.45, 7) is 6.60. The zero-order valence-corrected chi connectivity index (χ0v) is 12.8. The number of carbonyl (C=O) groups is 1. The normalized spacial score (nSPS) is 19.9. The molecule has 2 atom stereocenters. The minimum Gasteiger partial charge on any atom is -0.337 e. The molecule has 1 aromatic heterocycles. The summed E-state index contributed by atoms with van der Waals surface area (Å²) in [5, 5.41) is 3.29. The van der Waals surface area contributed by atoms with E-state index in [1.54, 1.807) is 12.4 Å². The summed E-state index contributed by atoms with van der Waals surface area (Å²) >= 11 is 0. The molecule has 2 heterocycles. The van der Waals surface area contributed by atoms with Gasteiger partial charge in [0.05, 0.1) is 5.92 Å². The molecular weight excluding hydrogens is 285 g/mol. The second-order valence-electron chi connectivity index (χ2n) is 4.59. The molecule has 6 heteroatoms. The van der Waals surface area contributed by atoms with Crippen molar-refractivity contribution < 1.29 is 4.79 Å². The number of hydrogen-bond donors (Lipinski definition) is 1. The van der Waals surface area contributed by atoms with Gasteiger partial charge in [-0.1, -0.05) is 6.07 Å². The Kier molecular flexibility index (Phi) is 7.99. The Hall–Kier alpha value is -0.840. The van der Waals surface area contributed by atoms with Crippen LogP contribution in [0.1, 0.15) is 25.3 Å². The number of hydrogen-bond acceptors (Lipinski definition) is 3. The Morgan fingerprint density at radius 1 is 1.53 bits per heavy atom. The smallest absolute Gasteiger partial charge is 0.230 e. The number of carbonyl (C=O) groups excluding carboxylic acids is 1. The highest BCUT2D eigenvalue weighted by Crippen LogP contribution is 2.18. The number of rotatable bonds is 2. The molecule has 19 heavy (non-hydrogen) atoms. The highest BCUT2D eigenvalue weighted by atomic mass is 35.5. The number of aromatic nitrogens is 1. The van der Waals surface area contributed by atoms with E-state index in [9.17, 15) is 4.79 Å². The van der Waals surface area contributed by atoms with Crippen molar-refractivity contribution in [2.45, 2.75) is 25.8 Å². The van der Waals surface area contributed by atoms with Crippen molar-refractivity contribution in [3.8, 4) is 0 Å². The first-order valence-electron chi connectivity index (χ1n) is 6.11. The van der Waals surface area contributed by atoms with Gasteiger partial charge in [0.2, 0.25) is 5.91 Å². The van der Waals surface area contributed by atoms with Gasteiger partial charge in [0, 0.05) is 38.1 Å². The SMILES string of the molecule is CC(C(=O)N1CCNC[C@H]1C)c1cccnc1.Cl.Cl. The highest BCUT2D eigenvalue weighted by Gasteiger charge is 2.27. The molecule has 0 spiro atoms. The maximum atomic E-state index is 12.4. The number of nitrogens with one attached hydrogen (secondary N) is 1. The third kappa shape index (κ3) is 4.34. The van der Waals surface area contributed by atoms with Crippen LogP contribution in [0, 0.1) is 0 Å². The van der Waals surface area contributed by atoms with Crippen LogP contribution >= 0.6 is 24.8 Å². The maximum Gasteiger partial charge on any atom is 0.230 e. The van der Waals surface area contributed by atoms with Gasteiger partial charge in [0.25, 0.3) is 0 Å². The summed E-state index contributed by atoms with van der Waals surface area (Å²) in [7, 11) is 0. The molecule has 0 bridgehead atoms. The van der Waals surface area contributed by atoms with Gasteiger partial charge in [-0.3, -0.25) is 9.78 Å². The molecule has 1 aliphatic rings. The molecule has 4 nitrogen and oxygen atoms in total. The lowest BCUT2D eigenvalue weighted by Crippen LogP contribution is -2.53. The number of piperazine rings is 1. The Morgan fingerprint density at radius 2 is 2.26 bits per heavy atom. The van der Waals surface area contributed by atoms with Crippen LogP contribution < -0.4 is 5.32 Å². The molecule has 108 valence electrons. The first kappa shape index (κ1) is 18.2. The van der Waals surface area contributed by atoms with Crippen molar-refractivity contribution in [1.82, 2.24) is 15.2 Å². The van der Waals surface area contributed by atoms with E-state index in [-0.39, 0.29) is 42.7 Å². The minimum atomic E-state index is -0.107. The fourth-order valence-electron chi connectivity index (χ4n) is 2.19. The lowest BCUT2D eigenvalue weighted by molar-refractivity contribution is -0.135. The summed E-state index contributed by atoms with van der Waals surface area (Å²) in [6, 6.07) is 4.11. The lowest BCUT2D eigenvalue weighted by atomic mass is 10.0. The Bertz CT molecular complexity index is 389. The van der Waals surface area contributed by atoms with Crippen LogP contribution in [0.5, 0.6) is 0 Å². The highest BCUT2D eigenvalue weighted by molar-refractivity contribution is 5.85. The monoisotopic (exact) mass is 305 g/mol. The molecule has 1 N–H and O–H groups in total. The van der Waals surface area contributed by atoms with E-state index in [2.05, 4.69) is 17.2 Å². The van der Waals surface area contributed by atoms with E-state index in [1.165, 1.54) is 0 Å². The molecule has 1 amide bonds. The van der Waals surface area contributed by atoms with Gasteiger partial charge in [0.1, 0.15) is 0 Å². The molecule has 1 aliphatic heterocycles. The van der Waals surface area contributed by atoms with Crippen molar-refractivity contribution in [2.24, 2.45) is 0 Å². The standard InChI is InChI=1S/C13H19N3O.2ClH/c1-10-8-15-6-7-16(10)13(17)11(2)12-4-3-5-14-9-12;;/h3-5,9-11,15H,6-8H2,1-2H3;2*1H/t10-,11?;;/m1../s1. The minimum absolute atomic E-state index is 0. The van der Waals surface area contributed by atoms with Crippen LogP contribution in [-0.2, 0) is 4.79 Å². The van der Waals surface area contributed by atoms with E-state index >= 15 is 0 Å². The first-order valence-corrected chi connectivity index (χ1v) is 6.11. The average molecular weight is 306 g/mol. The van der Waals surface area contributed by atoms with Gasteiger partial charge in [-0.15, -0.1) is 24.8 Å². The number of nitrogens with zero attached hydrogens (tertiary/aromatic N) is 2. The summed E-state index contributed by atoms with van der Waals surface area (Å²) in [5.41, 5.74) is 0.989. The topological polar surface area (TPSA) is 45.2 Å². The van der Waals surface area contributed by atoms with Crippen molar-refractivity contribution in [2.75, 3.05) is 19.6 Å². The molecule has 0 aliphatic carbocycles. The third-order valence-corrected chi connectivity index (χ3v) is 3.34. The summed E-state index contributed by atoms with van der Waals surface area (Å²) in [6.07, 6.45) is 3.50. The molecule has 2 rings (SSSR count). The van der Waals surface area contributed by atoms with Gasteiger partial charge in [0.15, 0.2) is 0 Å². The largest absolute Gasteiger partial charge is 0.337 e. The van der Waals surface area contributed by atoms with Crippen LogP contribution in [0.15, 0.2) is 24.5 Å². The van der Waals surface area contributed by atoms with Gasteiger partial charge < -0.3 is 10.2 Å². The summed E-state index contributed by atoms with van der Waals surface area (Å²) in [4.78, 5) is 18.4.